The van der Waals surface area contributed by atoms with Crippen molar-refractivity contribution in [2.75, 3.05) is 6.61 Å². The first-order valence-corrected chi connectivity index (χ1v) is 12.3. The van der Waals surface area contributed by atoms with Crippen LogP contribution in [0.5, 0.6) is 0 Å². The summed E-state index contributed by atoms with van der Waals surface area (Å²) in [7, 11) is 0. The van der Waals surface area contributed by atoms with Crippen LogP contribution in [0.4, 0.5) is 0 Å². The second-order valence-electron chi connectivity index (χ2n) is 12.8. The van der Waals surface area contributed by atoms with E-state index in [1.54, 1.807) is 0 Å². The molecule has 29 heavy (non-hydrogen) atoms. The molecule has 0 spiro atoms. The Hall–Kier alpha value is -0.160. The van der Waals surface area contributed by atoms with E-state index in [1.807, 2.05) is 0 Å². The van der Waals surface area contributed by atoms with Gasteiger partial charge in [0.2, 0.25) is 0 Å². The minimum absolute atomic E-state index is 0.0122. The molecule has 4 N–H and O–H groups in total. The molecule has 4 nitrogen and oxygen atoms in total. The zero-order chi connectivity index (χ0) is 20.6. The zero-order valence-electron chi connectivity index (χ0n) is 18.4. The number of hydrogen-bond acceptors (Lipinski definition) is 4. The molecular weight excluding hydrogens is 364 g/mol. The first-order valence-electron chi connectivity index (χ1n) is 12.3. The SMILES string of the molecule is CC12C[C@H]1C1C3C(CC[C@]1(C)[C@]2(O)CCCO)[C@@]1(C)CC[C@H](O)C[C@@]1(O)[C@@H]1C[C@H]31. The van der Waals surface area contributed by atoms with Crippen LogP contribution in [-0.2, 0) is 0 Å². The van der Waals surface area contributed by atoms with Gasteiger partial charge in [0.15, 0.2) is 0 Å². The summed E-state index contributed by atoms with van der Waals surface area (Å²) in [6.07, 6.45) is 7.79. The molecule has 0 bridgehead atoms. The van der Waals surface area contributed by atoms with Gasteiger partial charge in [-0.3, -0.25) is 0 Å². The molecule has 0 aromatic heterocycles. The molecule has 4 unspecified atom stereocenters. The van der Waals surface area contributed by atoms with E-state index in [4.69, 9.17) is 0 Å². The van der Waals surface area contributed by atoms with Crippen molar-refractivity contribution in [3.63, 3.8) is 0 Å². The second kappa shape index (κ2) is 5.42. The van der Waals surface area contributed by atoms with E-state index in [0.29, 0.717) is 48.3 Å². The predicted molar refractivity (Wildman–Crippen MR) is 110 cm³/mol. The monoisotopic (exact) mass is 404 g/mol. The average molecular weight is 405 g/mol. The normalized spacial score (nSPS) is 66.9. The van der Waals surface area contributed by atoms with Gasteiger partial charge >= 0.3 is 0 Å². The maximum Gasteiger partial charge on any atom is 0.0760 e. The molecule has 6 rings (SSSR count). The van der Waals surface area contributed by atoms with E-state index in [1.165, 1.54) is 0 Å². The van der Waals surface area contributed by atoms with Crippen molar-refractivity contribution in [2.24, 2.45) is 51.8 Å². The van der Waals surface area contributed by atoms with Gasteiger partial charge in [0.25, 0.3) is 0 Å². The molecule has 6 saturated carbocycles. The Morgan fingerprint density at radius 1 is 0.862 bits per heavy atom. The van der Waals surface area contributed by atoms with Crippen molar-refractivity contribution < 1.29 is 20.4 Å². The summed E-state index contributed by atoms with van der Waals surface area (Å²) in [5.41, 5.74) is -1.49. The summed E-state index contributed by atoms with van der Waals surface area (Å²) in [6.45, 7) is 7.18. The van der Waals surface area contributed by atoms with Crippen LogP contribution < -0.4 is 0 Å². The smallest absolute Gasteiger partial charge is 0.0760 e. The summed E-state index contributed by atoms with van der Waals surface area (Å²) in [5, 5.41) is 43.9. The minimum Gasteiger partial charge on any atom is -0.396 e. The topological polar surface area (TPSA) is 80.9 Å². The van der Waals surface area contributed by atoms with Crippen LogP contribution in [0.3, 0.4) is 0 Å². The molecule has 0 aliphatic heterocycles. The number of aliphatic hydroxyl groups is 4. The van der Waals surface area contributed by atoms with Crippen molar-refractivity contribution in [1.29, 1.82) is 0 Å². The summed E-state index contributed by atoms with van der Waals surface area (Å²) < 4.78 is 0. The third-order valence-electron chi connectivity index (χ3n) is 12.2. The van der Waals surface area contributed by atoms with E-state index in [-0.39, 0.29) is 29.0 Å². The van der Waals surface area contributed by atoms with Crippen molar-refractivity contribution in [1.82, 2.24) is 0 Å². The first-order chi connectivity index (χ1) is 13.6. The average Bonchev–Trinajstić information content (AvgIpc) is 3.56. The second-order valence-corrected chi connectivity index (χ2v) is 12.8. The highest BCUT2D eigenvalue weighted by atomic mass is 16.3. The van der Waals surface area contributed by atoms with Crippen LogP contribution in [0.15, 0.2) is 0 Å². The van der Waals surface area contributed by atoms with Crippen molar-refractivity contribution in [2.45, 2.75) is 95.9 Å². The van der Waals surface area contributed by atoms with Crippen LogP contribution in [0, 0.1) is 51.8 Å². The third kappa shape index (κ3) is 1.94. The Morgan fingerprint density at radius 3 is 2.31 bits per heavy atom. The van der Waals surface area contributed by atoms with Crippen LogP contribution in [0.1, 0.15) is 78.6 Å². The highest BCUT2D eigenvalue weighted by molar-refractivity contribution is 5.33. The van der Waals surface area contributed by atoms with Gasteiger partial charge in [-0.15, -0.1) is 0 Å². The molecule has 4 heteroatoms. The van der Waals surface area contributed by atoms with Gasteiger partial charge in [0.05, 0.1) is 17.3 Å². The molecule has 12 atom stereocenters. The quantitative estimate of drug-likeness (QED) is 0.583. The summed E-state index contributed by atoms with van der Waals surface area (Å²) in [4.78, 5) is 0. The van der Waals surface area contributed by atoms with Crippen molar-refractivity contribution in [3.05, 3.63) is 0 Å². The van der Waals surface area contributed by atoms with E-state index in [2.05, 4.69) is 20.8 Å². The highest BCUT2D eigenvalue weighted by Gasteiger charge is 2.84. The standard InChI is InChI=1S/C25H40O4/c1-21-8-5-14(27)12-24(21,28)17-11-15(17)19-16(21)6-9-22(2)20(19)18-13-23(18,3)25(22,29)7-4-10-26/h14-20,26-29H,4-13H2,1-3H3/t14-,15-,16?,17+,18-,19?,20?,21+,22-,23?,24+,25+/m0/s1. The molecule has 0 saturated heterocycles. The lowest BCUT2D eigenvalue weighted by atomic mass is 9.42. The van der Waals surface area contributed by atoms with Crippen LogP contribution in [0.25, 0.3) is 0 Å². The molecule has 6 aliphatic rings. The summed E-state index contributed by atoms with van der Waals surface area (Å²) in [6, 6.07) is 0. The van der Waals surface area contributed by atoms with Gasteiger partial charge in [-0.2, -0.15) is 0 Å². The van der Waals surface area contributed by atoms with Crippen LogP contribution >= 0.6 is 0 Å². The molecular formula is C25H40O4. The maximum atomic E-state index is 12.1. The van der Waals surface area contributed by atoms with Crippen LogP contribution in [0.2, 0.25) is 0 Å². The van der Waals surface area contributed by atoms with E-state index in [0.717, 1.165) is 44.9 Å². The van der Waals surface area contributed by atoms with Gasteiger partial charge < -0.3 is 20.4 Å². The Bertz CT molecular complexity index is 740. The summed E-state index contributed by atoms with van der Waals surface area (Å²) in [5.74, 6) is 3.23. The predicted octanol–water partition coefficient (Wildman–Crippen LogP) is 3.11. The largest absolute Gasteiger partial charge is 0.396 e. The van der Waals surface area contributed by atoms with Crippen molar-refractivity contribution in [3.8, 4) is 0 Å². The third-order valence-corrected chi connectivity index (χ3v) is 12.2. The molecule has 6 fully saturated rings. The zero-order valence-corrected chi connectivity index (χ0v) is 18.4. The van der Waals surface area contributed by atoms with Gasteiger partial charge in [-0.25, -0.2) is 0 Å². The van der Waals surface area contributed by atoms with E-state index < -0.39 is 11.2 Å². The maximum absolute atomic E-state index is 12.1. The summed E-state index contributed by atoms with van der Waals surface area (Å²) >= 11 is 0. The fraction of sp³-hybridized carbons (Fsp3) is 1.00. The first kappa shape index (κ1) is 19.5. The minimum atomic E-state index is -0.692. The Balaban J connectivity index is 1.41. The number of hydrogen-bond donors (Lipinski definition) is 4. The van der Waals surface area contributed by atoms with E-state index >= 15 is 0 Å². The molecule has 0 heterocycles. The lowest BCUT2D eigenvalue weighted by molar-refractivity contribution is -0.239. The Kier molecular flexibility index (Phi) is 3.65. The molecule has 0 aromatic rings. The Morgan fingerprint density at radius 2 is 1.59 bits per heavy atom. The lowest BCUT2D eigenvalue weighted by Crippen LogP contribution is -2.65. The number of fused-ring (bicyclic) bond motifs is 10. The molecule has 0 amide bonds. The number of rotatable bonds is 3. The molecule has 6 aliphatic carbocycles. The fourth-order valence-electron chi connectivity index (χ4n) is 10.6. The Labute approximate surface area is 175 Å². The van der Waals surface area contributed by atoms with Crippen LogP contribution in [-0.4, -0.2) is 44.3 Å². The highest BCUT2D eigenvalue weighted by Crippen LogP contribution is 2.85. The molecule has 164 valence electrons. The van der Waals surface area contributed by atoms with Gasteiger partial charge in [0.1, 0.15) is 0 Å². The lowest BCUT2D eigenvalue weighted by Gasteiger charge is -2.65. The molecule has 0 radical (unpaired) electrons. The van der Waals surface area contributed by atoms with Crippen molar-refractivity contribution >= 4 is 0 Å². The van der Waals surface area contributed by atoms with Gasteiger partial charge in [0, 0.05) is 23.9 Å². The fourth-order valence-corrected chi connectivity index (χ4v) is 10.6. The molecule has 0 aromatic carbocycles. The number of aliphatic hydroxyl groups excluding tert-OH is 2. The van der Waals surface area contributed by atoms with Gasteiger partial charge in [-0.1, -0.05) is 20.8 Å². The van der Waals surface area contributed by atoms with Gasteiger partial charge in [-0.05, 0) is 92.3 Å². The van der Waals surface area contributed by atoms with E-state index in [9.17, 15) is 20.4 Å².